The van der Waals surface area contributed by atoms with E-state index in [0.29, 0.717) is 23.6 Å². The summed E-state index contributed by atoms with van der Waals surface area (Å²) in [5, 5.41) is 0. The van der Waals surface area contributed by atoms with Crippen LogP contribution in [0.15, 0.2) is 4.79 Å². The molecule has 8 heteroatoms. The Morgan fingerprint density at radius 3 is 2.72 bits per heavy atom. The van der Waals surface area contributed by atoms with Crippen molar-refractivity contribution in [1.29, 1.82) is 0 Å². The molecule has 1 aliphatic rings. The molecule has 2 heterocycles. The van der Waals surface area contributed by atoms with Gasteiger partial charge in [-0.25, -0.2) is 9.78 Å². The topological polar surface area (TPSA) is 99.1 Å². The van der Waals surface area contributed by atoms with Crippen LogP contribution in [0.3, 0.4) is 0 Å². The second-order valence-corrected chi connectivity index (χ2v) is 6.25. The average Bonchev–Trinajstić information content (AvgIpc) is 3.25. The Bertz CT molecular complexity index is 805. The van der Waals surface area contributed by atoms with Gasteiger partial charge in [-0.2, -0.15) is 4.98 Å². The predicted octanol–water partition coefficient (Wildman–Crippen LogP) is 2.13. The number of rotatable bonds is 7. The van der Waals surface area contributed by atoms with E-state index in [1.165, 1.54) is 17.4 Å². The monoisotopic (exact) mass is 348 g/mol. The smallest absolute Gasteiger partial charge is 0.344 e. The number of hydrogen-bond donors (Lipinski definition) is 1. The van der Waals surface area contributed by atoms with Gasteiger partial charge in [-0.3, -0.25) is 9.36 Å². The van der Waals surface area contributed by atoms with Crippen LogP contribution in [-0.4, -0.2) is 38.7 Å². The van der Waals surface area contributed by atoms with Crippen LogP contribution < -0.4 is 10.3 Å². The summed E-state index contributed by atoms with van der Waals surface area (Å²) in [6.45, 7) is 4.14. The Kier molecular flexibility index (Phi) is 5.35. The van der Waals surface area contributed by atoms with Crippen molar-refractivity contribution in [2.75, 3.05) is 13.2 Å². The van der Waals surface area contributed by atoms with Gasteiger partial charge in [-0.15, -0.1) is 0 Å². The minimum atomic E-state index is -0.492. The first-order valence-corrected chi connectivity index (χ1v) is 8.92. The van der Waals surface area contributed by atoms with Crippen LogP contribution >= 0.6 is 0 Å². The highest BCUT2D eigenvalue weighted by Crippen LogP contribution is 2.32. The molecule has 0 saturated heterocycles. The first-order valence-electron chi connectivity index (χ1n) is 8.92. The molecule has 2 aromatic heterocycles. The molecule has 0 radical (unpaired) electrons. The molecule has 1 saturated carbocycles. The Morgan fingerprint density at radius 1 is 1.28 bits per heavy atom. The fraction of sp³-hybridized carbons (Fsp3) is 0.647. The van der Waals surface area contributed by atoms with E-state index in [-0.39, 0.29) is 24.8 Å². The zero-order chi connectivity index (χ0) is 17.8. The van der Waals surface area contributed by atoms with E-state index in [0.717, 1.165) is 25.1 Å². The molecule has 0 amide bonds. The molecular formula is C17H24N4O4. The molecule has 0 bridgehead atoms. The molecule has 25 heavy (non-hydrogen) atoms. The summed E-state index contributed by atoms with van der Waals surface area (Å²) in [6, 6.07) is 0.108. The fourth-order valence-corrected chi connectivity index (χ4v) is 3.23. The molecule has 136 valence electrons. The molecule has 0 aliphatic heterocycles. The lowest BCUT2D eigenvalue weighted by Crippen LogP contribution is -2.26. The summed E-state index contributed by atoms with van der Waals surface area (Å²) >= 11 is 0. The minimum Gasteiger partial charge on any atom is -0.463 e. The number of carbonyl (C=O) groups excluding carboxylic acids is 1. The summed E-state index contributed by atoms with van der Waals surface area (Å²) in [5.74, 6) is 0.688. The van der Waals surface area contributed by atoms with Gasteiger partial charge in [0.1, 0.15) is 5.82 Å². The largest absolute Gasteiger partial charge is 0.463 e. The van der Waals surface area contributed by atoms with E-state index < -0.39 is 5.97 Å². The third-order valence-electron chi connectivity index (χ3n) is 4.41. The molecule has 3 rings (SSSR count). The van der Waals surface area contributed by atoms with Crippen molar-refractivity contribution in [2.24, 2.45) is 0 Å². The van der Waals surface area contributed by atoms with Crippen LogP contribution in [0.1, 0.15) is 57.7 Å². The number of ether oxygens (including phenoxy) is 2. The highest BCUT2D eigenvalue weighted by atomic mass is 16.6. The van der Waals surface area contributed by atoms with Gasteiger partial charge in [0.25, 0.3) is 5.56 Å². The maximum absolute atomic E-state index is 12.8. The lowest BCUT2D eigenvalue weighted by atomic mass is 10.1. The lowest BCUT2D eigenvalue weighted by molar-refractivity contribution is -0.145. The minimum absolute atomic E-state index is 0.108. The SMILES string of the molecule is CCCn1c(OCC(=O)OCC)nc2nc(C3CCCC3)[nH]c2c1=O. The van der Waals surface area contributed by atoms with E-state index in [9.17, 15) is 9.59 Å². The normalized spacial score (nSPS) is 15.0. The number of nitrogens with zero attached hydrogens (tertiary/aromatic N) is 3. The molecule has 2 aromatic rings. The predicted molar refractivity (Wildman–Crippen MR) is 91.8 cm³/mol. The van der Waals surface area contributed by atoms with Gasteiger partial charge in [0, 0.05) is 12.5 Å². The Balaban J connectivity index is 1.95. The van der Waals surface area contributed by atoms with Crippen LogP contribution in [0, 0.1) is 0 Å². The fourth-order valence-electron chi connectivity index (χ4n) is 3.23. The standard InChI is InChI=1S/C17H24N4O4/c1-3-9-21-16(23)13-15(19-14(18-13)11-7-5-6-8-11)20-17(21)25-10-12(22)24-4-2/h11H,3-10H2,1-2H3,(H,18,19). The molecule has 0 aromatic carbocycles. The van der Waals surface area contributed by atoms with Crippen molar-refractivity contribution in [3.8, 4) is 6.01 Å². The van der Waals surface area contributed by atoms with E-state index >= 15 is 0 Å². The summed E-state index contributed by atoms with van der Waals surface area (Å²) in [4.78, 5) is 36.4. The van der Waals surface area contributed by atoms with Gasteiger partial charge < -0.3 is 14.5 Å². The summed E-state index contributed by atoms with van der Waals surface area (Å²) in [6.07, 6.45) is 5.27. The van der Waals surface area contributed by atoms with Gasteiger partial charge in [0.05, 0.1) is 6.61 Å². The molecule has 0 spiro atoms. The second kappa shape index (κ2) is 7.67. The average molecular weight is 348 g/mol. The van der Waals surface area contributed by atoms with Gasteiger partial charge >= 0.3 is 12.0 Å². The highest BCUT2D eigenvalue weighted by molar-refractivity contribution is 5.71. The third kappa shape index (κ3) is 3.67. The number of esters is 1. The number of aromatic nitrogens is 4. The molecule has 1 aliphatic carbocycles. The van der Waals surface area contributed by atoms with Crippen molar-refractivity contribution in [1.82, 2.24) is 19.5 Å². The van der Waals surface area contributed by atoms with Crippen LogP contribution in [0.5, 0.6) is 6.01 Å². The number of nitrogens with one attached hydrogen (secondary N) is 1. The molecule has 1 N–H and O–H groups in total. The number of H-pyrrole nitrogens is 1. The number of carbonyl (C=O) groups is 1. The first-order chi connectivity index (χ1) is 12.1. The lowest BCUT2D eigenvalue weighted by Gasteiger charge is -2.11. The highest BCUT2D eigenvalue weighted by Gasteiger charge is 2.23. The van der Waals surface area contributed by atoms with E-state index in [1.54, 1.807) is 6.92 Å². The third-order valence-corrected chi connectivity index (χ3v) is 4.41. The van der Waals surface area contributed by atoms with Gasteiger partial charge in [-0.05, 0) is 26.2 Å². The molecule has 1 fully saturated rings. The number of fused-ring (bicyclic) bond motifs is 1. The number of imidazole rings is 1. The quantitative estimate of drug-likeness (QED) is 0.770. The Morgan fingerprint density at radius 2 is 2.04 bits per heavy atom. The molecule has 0 atom stereocenters. The second-order valence-electron chi connectivity index (χ2n) is 6.25. The summed E-state index contributed by atoms with van der Waals surface area (Å²) in [5.41, 5.74) is 0.527. The molecule has 8 nitrogen and oxygen atoms in total. The van der Waals surface area contributed by atoms with Gasteiger partial charge in [0.2, 0.25) is 0 Å². The Hall–Kier alpha value is -2.38. The van der Waals surface area contributed by atoms with E-state index in [4.69, 9.17) is 9.47 Å². The maximum Gasteiger partial charge on any atom is 0.344 e. The van der Waals surface area contributed by atoms with Crippen molar-refractivity contribution in [2.45, 2.75) is 58.4 Å². The first kappa shape index (κ1) is 17.4. The van der Waals surface area contributed by atoms with Crippen molar-refractivity contribution in [3.05, 3.63) is 16.2 Å². The molecule has 0 unspecified atom stereocenters. The van der Waals surface area contributed by atoms with Gasteiger partial charge in [0.15, 0.2) is 17.8 Å². The van der Waals surface area contributed by atoms with Crippen molar-refractivity contribution in [3.63, 3.8) is 0 Å². The summed E-state index contributed by atoms with van der Waals surface area (Å²) in [7, 11) is 0. The van der Waals surface area contributed by atoms with Gasteiger partial charge in [-0.1, -0.05) is 19.8 Å². The Labute approximate surface area is 145 Å². The number of hydrogen-bond acceptors (Lipinski definition) is 6. The maximum atomic E-state index is 12.8. The molecular weight excluding hydrogens is 324 g/mol. The van der Waals surface area contributed by atoms with Crippen molar-refractivity contribution >= 4 is 17.1 Å². The van der Waals surface area contributed by atoms with Crippen LogP contribution in [0.2, 0.25) is 0 Å². The van der Waals surface area contributed by atoms with Crippen LogP contribution in [0.25, 0.3) is 11.2 Å². The van der Waals surface area contributed by atoms with Crippen LogP contribution in [0.4, 0.5) is 0 Å². The number of aromatic amines is 1. The van der Waals surface area contributed by atoms with Crippen molar-refractivity contribution < 1.29 is 14.3 Å². The zero-order valence-corrected chi connectivity index (χ0v) is 14.7. The van der Waals surface area contributed by atoms with E-state index in [1.807, 2.05) is 6.92 Å². The van der Waals surface area contributed by atoms with E-state index in [2.05, 4.69) is 15.0 Å². The van der Waals surface area contributed by atoms with Crippen LogP contribution in [-0.2, 0) is 16.1 Å². The summed E-state index contributed by atoms with van der Waals surface area (Å²) < 4.78 is 11.7. The zero-order valence-electron chi connectivity index (χ0n) is 14.7.